The lowest BCUT2D eigenvalue weighted by atomic mass is 9.84. The maximum atomic E-state index is 13.9. The summed E-state index contributed by atoms with van der Waals surface area (Å²) >= 11 is 5.97. The van der Waals surface area contributed by atoms with Crippen molar-refractivity contribution < 1.29 is 24.2 Å². The molecule has 0 spiro atoms. The van der Waals surface area contributed by atoms with Crippen molar-refractivity contribution in [2.24, 2.45) is 0 Å². The first-order valence-electron chi connectivity index (χ1n) is 15.1. The summed E-state index contributed by atoms with van der Waals surface area (Å²) in [6.45, 7) is 2.40. The molecule has 1 unspecified atom stereocenters. The Bertz CT molecular complexity index is 1480. The number of nitrogens with one attached hydrogen (secondary N) is 3. The smallest absolute Gasteiger partial charge is 0.405 e. The van der Waals surface area contributed by atoms with Crippen LogP contribution < -0.4 is 16.0 Å². The summed E-state index contributed by atoms with van der Waals surface area (Å²) in [5.41, 5.74) is 4.31. The van der Waals surface area contributed by atoms with Crippen molar-refractivity contribution in [1.29, 1.82) is 0 Å². The van der Waals surface area contributed by atoms with Crippen LogP contribution in [0.4, 0.5) is 10.5 Å². The number of hydrogen-bond donors (Lipinski definition) is 4. The Labute approximate surface area is 268 Å². The van der Waals surface area contributed by atoms with Gasteiger partial charge in [0.05, 0.1) is 25.4 Å². The summed E-state index contributed by atoms with van der Waals surface area (Å²) in [5, 5.41) is 19.4. The molecule has 1 aliphatic heterocycles. The maximum absolute atomic E-state index is 13.9. The standard InChI is InChI=1S/C36H38ClN3O5/c37-29-18-15-25(16-19-29)23-44-24-31-22-38-21-30(45-31)20-17-26-9-7-8-14-32(26)39-35(41)34(40-36(42)43)33(27-10-3-1-4-11-27)28-12-5-2-6-13-28/h1-16,18-19,30-31,33-34,38,40H,17,20-24H2,(H,39,41)(H,42,43)/t30-,31+,34?/m1/s1. The molecule has 1 saturated heterocycles. The first kappa shape index (κ1) is 32.2. The van der Waals surface area contributed by atoms with Crippen LogP contribution in [0, 0.1) is 0 Å². The number of rotatable bonds is 13. The van der Waals surface area contributed by atoms with E-state index in [1.165, 1.54) is 0 Å². The van der Waals surface area contributed by atoms with E-state index >= 15 is 0 Å². The Hall–Kier alpha value is -4.21. The van der Waals surface area contributed by atoms with Crippen LogP contribution in [0.2, 0.25) is 5.02 Å². The van der Waals surface area contributed by atoms with Gasteiger partial charge >= 0.3 is 6.09 Å². The summed E-state index contributed by atoms with van der Waals surface area (Å²) < 4.78 is 12.2. The van der Waals surface area contributed by atoms with E-state index < -0.39 is 24.0 Å². The van der Waals surface area contributed by atoms with E-state index in [4.69, 9.17) is 21.1 Å². The average molecular weight is 628 g/mol. The predicted molar refractivity (Wildman–Crippen MR) is 176 cm³/mol. The third-order valence-electron chi connectivity index (χ3n) is 7.84. The predicted octanol–water partition coefficient (Wildman–Crippen LogP) is 6.25. The van der Waals surface area contributed by atoms with Crippen LogP contribution in [0.15, 0.2) is 109 Å². The van der Waals surface area contributed by atoms with Crippen LogP contribution in [-0.2, 0) is 27.3 Å². The van der Waals surface area contributed by atoms with Crippen molar-refractivity contribution in [3.8, 4) is 0 Å². The highest BCUT2D eigenvalue weighted by Gasteiger charge is 2.33. The average Bonchev–Trinajstić information content (AvgIpc) is 3.06. The highest BCUT2D eigenvalue weighted by Crippen LogP contribution is 2.30. The third kappa shape index (κ3) is 9.39. The fraction of sp³-hybridized carbons (Fsp3) is 0.278. The lowest BCUT2D eigenvalue weighted by Gasteiger charge is -2.31. The zero-order valence-corrected chi connectivity index (χ0v) is 25.7. The first-order valence-corrected chi connectivity index (χ1v) is 15.5. The van der Waals surface area contributed by atoms with Crippen LogP contribution >= 0.6 is 11.6 Å². The molecule has 4 N–H and O–H groups in total. The topological polar surface area (TPSA) is 109 Å². The minimum absolute atomic E-state index is 0.0198. The molecule has 0 radical (unpaired) electrons. The third-order valence-corrected chi connectivity index (χ3v) is 8.09. The van der Waals surface area contributed by atoms with Gasteiger partial charge in [-0.3, -0.25) is 4.79 Å². The molecule has 0 aliphatic carbocycles. The van der Waals surface area contributed by atoms with Crippen molar-refractivity contribution in [3.63, 3.8) is 0 Å². The van der Waals surface area contributed by atoms with Gasteiger partial charge in [-0.15, -0.1) is 0 Å². The second kappa shape index (κ2) is 16.2. The molecule has 4 aromatic rings. The fourth-order valence-electron chi connectivity index (χ4n) is 5.65. The molecular formula is C36H38ClN3O5. The van der Waals surface area contributed by atoms with Crippen molar-refractivity contribution in [2.45, 2.75) is 43.6 Å². The first-order chi connectivity index (χ1) is 22.0. The number of anilines is 1. The van der Waals surface area contributed by atoms with Gasteiger partial charge < -0.3 is 30.5 Å². The highest BCUT2D eigenvalue weighted by molar-refractivity contribution is 6.30. The summed E-state index contributed by atoms with van der Waals surface area (Å²) in [6, 6.07) is 33.1. The van der Waals surface area contributed by atoms with Crippen molar-refractivity contribution in [1.82, 2.24) is 10.6 Å². The summed E-state index contributed by atoms with van der Waals surface area (Å²) in [6.07, 6.45) is 0.0457. The molecule has 0 bridgehead atoms. The number of ether oxygens (including phenoxy) is 2. The van der Waals surface area contributed by atoms with Crippen molar-refractivity contribution in [2.75, 3.05) is 25.0 Å². The Balaban J connectivity index is 1.23. The SMILES string of the molecule is O=C(O)NC(C(=O)Nc1ccccc1CC[C@@H]1CNC[C@@H](COCc2ccc(Cl)cc2)O1)C(c1ccccc1)c1ccccc1. The molecule has 4 aromatic carbocycles. The summed E-state index contributed by atoms with van der Waals surface area (Å²) in [4.78, 5) is 25.8. The summed E-state index contributed by atoms with van der Waals surface area (Å²) in [7, 11) is 0. The Kier molecular flexibility index (Phi) is 11.6. The molecule has 1 aliphatic rings. The van der Waals surface area contributed by atoms with E-state index in [0.717, 1.165) is 35.2 Å². The number of carbonyl (C=O) groups is 2. The molecule has 0 aromatic heterocycles. The van der Waals surface area contributed by atoms with Gasteiger partial charge in [0.15, 0.2) is 0 Å². The minimum Gasteiger partial charge on any atom is -0.465 e. The van der Waals surface area contributed by atoms with Crippen molar-refractivity contribution >= 4 is 29.3 Å². The van der Waals surface area contributed by atoms with Crippen LogP contribution in [0.3, 0.4) is 0 Å². The zero-order chi connectivity index (χ0) is 31.4. The maximum Gasteiger partial charge on any atom is 0.405 e. The Morgan fingerprint density at radius 1 is 0.867 bits per heavy atom. The fourth-order valence-corrected chi connectivity index (χ4v) is 5.78. The zero-order valence-electron chi connectivity index (χ0n) is 24.9. The van der Waals surface area contributed by atoms with Crippen molar-refractivity contribution in [3.05, 3.63) is 136 Å². The number of morpholine rings is 1. The number of hydrogen-bond acceptors (Lipinski definition) is 5. The molecule has 0 saturated carbocycles. The van der Waals surface area contributed by atoms with Crippen LogP contribution in [0.25, 0.3) is 0 Å². The van der Waals surface area contributed by atoms with Gasteiger partial charge in [-0.25, -0.2) is 4.79 Å². The minimum atomic E-state index is -1.27. The van der Waals surface area contributed by atoms with E-state index in [2.05, 4.69) is 16.0 Å². The normalized spacial score (nSPS) is 17.0. The molecular weight excluding hydrogens is 590 g/mol. The number of halogens is 1. The van der Waals surface area contributed by atoms with Gasteiger partial charge in [0.2, 0.25) is 5.91 Å². The van der Waals surface area contributed by atoms with Crippen LogP contribution in [0.5, 0.6) is 0 Å². The summed E-state index contributed by atoms with van der Waals surface area (Å²) in [5.74, 6) is -0.966. The van der Waals surface area contributed by atoms with Gasteiger partial charge in [0.1, 0.15) is 6.04 Å². The molecule has 8 nitrogen and oxygen atoms in total. The largest absolute Gasteiger partial charge is 0.465 e. The van der Waals surface area contributed by atoms with E-state index in [9.17, 15) is 14.7 Å². The number of aryl methyl sites for hydroxylation is 1. The highest BCUT2D eigenvalue weighted by atomic mass is 35.5. The number of carboxylic acid groups (broad SMARTS) is 1. The number of benzene rings is 4. The van der Waals surface area contributed by atoms with E-state index in [-0.39, 0.29) is 12.2 Å². The second-order valence-corrected chi connectivity index (χ2v) is 11.5. The molecule has 234 valence electrons. The second-order valence-electron chi connectivity index (χ2n) is 11.1. The quantitative estimate of drug-likeness (QED) is 0.139. The van der Waals surface area contributed by atoms with E-state index in [1.54, 1.807) is 0 Å². The Morgan fingerprint density at radius 2 is 1.49 bits per heavy atom. The van der Waals surface area contributed by atoms with Gasteiger partial charge in [0, 0.05) is 29.7 Å². The molecule has 2 amide bonds. The number of carbonyl (C=O) groups excluding carboxylic acids is 1. The van der Waals surface area contributed by atoms with Gasteiger partial charge in [-0.2, -0.15) is 0 Å². The van der Waals surface area contributed by atoms with Gasteiger partial charge in [0.25, 0.3) is 0 Å². The monoisotopic (exact) mass is 627 g/mol. The van der Waals surface area contributed by atoms with Gasteiger partial charge in [-0.1, -0.05) is 103 Å². The Morgan fingerprint density at radius 3 is 2.16 bits per heavy atom. The molecule has 9 heteroatoms. The van der Waals surface area contributed by atoms with E-state index in [0.29, 0.717) is 36.9 Å². The molecule has 3 atom stereocenters. The molecule has 1 heterocycles. The molecule has 5 rings (SSSR count). The van der Waals surface area contributed by atoms with Gasteiger partial charge in [-0.05, 0) is 53.3 Å². The van der Waals surface area contributed by atoms with Crippen LogP contribution in [-0.4, -0.2) is 55.1 Å². The number of para-hydroxylation sites is 1. The van der Waals surface area contributed by atoms with Crippen LogP contribution in [0.1, 0.15) is 34.6 Å². The lowest BCUT2D eigenvalue weighted by molar-refractivity contribution is -0.118. The molecule has 45 heavy (non-hydrogen) atoms. The number of amides is 2. The van der Waals surface area contributed by atoms with E-state index in [1.807, 2.05) is 109 Å². The lowest BCUT2D eigenvalue weighted by Crippen LogP contribution is -2.47. The molecule has 1 fully saturated rings.